The summed E-state index contributed by atoms with van der Waals surface area (Å²) >= 11 is 0. The van der Waals surface area contributed by atoms with Gasteiger partial charge in [0.05, 0.1) is 17.4 Å². The Hall–Kier alpha value is -4.27. The zero-order chi connectivity index (χ0) is 20.8. The van der Waals surface area contributed by atoms with Crippen molar-refractivity contribution in [3.8, 4) is 5.75 Å². The molecule has 0 saturated heterocycles. The molecule has 3 rings (SSSR count). The van der Waals surface area contributed by atoms with Gasteiger partial charge in [0.1, 0.15) is 0 Å². The number of aryl methyl sites for hydroxylation is 1. The lowest BCUT2D eigenvalue weighted by Crippen LogP contribution is -2.17. The number of benzene rings is 2. The van der Waals surface area contributed by atoms with Crippen LogP contribution in [0.4, 0.5) is 5.69 Å². The molecule has 9 nitrogen and oxygen atoms in total. The number of nitro benzene ring substituents is 1. The summed E-state index contributed by atoms with van der Waals surface area (Å²) in [5.74, 6) is -1.78. The number of carbonyl (C=O) groups is 2. The van der Waals surface area contributed by atoms with Gasteiger partial charge < -0.3 is 9.15 Å². The van der Waals surface area contributed by atoms with Crippen LogP contribution in [-0.2, 0) is 0 Å². The Morgan fingerprint density at radius 1 is 1.14 bits per heavy atom. The van der Waals surface area contributed by atoms with Crippen LogP contribution in [0.15, 0.2) is 70.4 Å². The number of esters is 1. The van der Waals surface area contributed by atoms with E-state index < -0.39 is 22.5 Å². The van der Waals surface area contributed by atoms with Crippen molar-refractivity contribution in [2.45, 2.75) is 6.92 Å². The van der Waals surface area contributed by atoms with Gasteiger partial charge in [-0.15, -0.1) is 0 Å². The van der Waals surface area contributed by atoms with Gasteiger partial charge in [-0.05, 0) is 37.3 Å². The highest BCUT2D eigenvalue weighted by Gasteiger charge is 2.23. The molecule has 3 aromatic rings. The van der Waals surface area contributed by atoms with Crippen molar-refractivity contribution in [1.82, 2.24) is 5.43 Å². The normalized spacial score (nSPS) is 10.7. The molecule has 9 heteroatoms. The van der Waals surface area contributed by atoms with E-state index in [0.29, 0.717) is 5.56 Å². The van der Waals surface area contributed by atoms with Crippen molar-refractivity contribution in [3.63, 3.8) is 0 Å². The fraction of sp³-hybridized carbons (Fsp3) is 0.0500. The number of amides is 1. The number of hydrogen-bond acceptors (Lipinski definition) is 7. The van der Waals surface area contributed by atoms with Crippen molar-refractivity contribution in [1.29, 1.82) is 0 Å². The van der Waals surface area contributed by atoms with E-state index in [-0.39, 0.29) is 17.1 Å². The smallest absolute Gasteiger partial charge is 0.379 e. The SMILES string of the molecule is Cc1ccc(C(=O)N/N=C/c2cccc([N+](=O)[O-])c2OC(=O)c2ccco2)cc1. The molecule has 1 heterocycles. The summed E-state index contributed by atoms with van der Waals surface area (Å²) in [7, 11) is 0. The molecule has 0 fully saturated rings. The third-order valence-electron chi connectivity index (χ3n) is 3.82. The lowest BCUT2D eigenvalue weighted by atomic mass is 10.1. The molecule has 0 aliphatic heterocycles. The van der Waals surface area contributed by atoms with Crippen LogP contribution in [0.5, 0.6) is 5.75 Å². The highest BCUT2D eigenvalue weighted by atomic mass is 16.6. The predicted molar refractivity (Wildman–Crippen MR) is 103 cm³/mol. The summed E-state index contributed by atoms with van der Waals surface area (Å²) in [5.41, 5.74) is 3.43. The summed E-state index contributed by atoms with van der Waals surface area (Å²) in [4.78, 5) is 34.9. The Morgan fingerprint density at radius 3 is 2.55 bits per heavy atom. The number of nitro groups is 1. The first-order chi connectivity index (χ1) is 14.0. The number of nitrogens with one attached hydrogen (secondary N) is 1. The lowest BCUT2D eigenvalue weighted by Gasteiger charge is -2.07. The minimum atomic E-state index is -0.900. The van der Waals surface area contributed by atoms with E-state index in [9.17, 15) is 19.7 Å². The highest BCUT2D eigenvalue weighted by Crippen LogP contribution is 2.30. The van der Waals surface area contributed by atoms with E-state index in [4.69, 9.17) is 9.15 Å². The van der Waals surface area contributed by atoms with Gasteiger partial charge in [0, 0.05) is 17.2 Å². The van der Waals surface area contributed by atoms with Crippen LogP contribution >= 0.6 is 0 Å². The molecule has 1 aromatic heterocycles. The molecule has 0 aliphatic carbocycles. The third-order valence-corrected chi connectivity index (χ3v) is 3.82. The van der Waals surface area contributed by atoms with Gasteiger partial charge in [-0.25, -0.2) is 10.2 Å². The summed E-state index contributed by atoms with van der Waals surface area (Å²) < 4.78 is 10.1. The molecule has 0 radical (unpaired) electrons. The van der Waals surface area contributed by atoms with Crippen molar-refractivity contribution < 1.29 is 23.7 Å². The number of rotatable bonds is 6. The van der Waals surface area contributed by atoms with Crippen LogP contribution < -0.4 is 10.2 Å². The first kappa shape index (κ1) is 19.5. The second-order valence-electron chi connectivity index (χ2n) is 5.88. The average Bonchev–Trinajstić information content (AvgIpc) is 3.24. The molecular weight excluding hydrogens is 378 g/mol. The molecule has 0 spiro atoms. The van der Waals surface area contributed by atoms with Crippen molar-refractivity contribution in [3.05, 3.63) is 93.4 Å². The molecule has 0 aliphatic rings. The molecule has 1 amide bonds. The molecule has 1 N–H and O–H groups in total. The van der Waals surface area contributed by atoms with Crippen LogP contribution in [0, 0.1) is 17.0 Å². The second-order valence-corrected chi connectivity index (χ2v) is 5.88. The summed E-state index contributed by atoms with van der Waals surface area (Å²) in [6.45, 7) is 1.90. The predicted octanol–water partition coefficient (Wildman–Crippen LogP) is 3.48. The van der Waals surface area contributed by atoms with Crippen molar-refractivity contribution in [2.75, 3.05) is 0 Å². The molecule has 146 valence electrons. The Balaban J connectivity index is 1.82. The third kappa shape index (κ3) is 4.72. The Morgan fingerprint density at radius 2 is 1.90 bits per heavy atom. The monoisotopic (exact) mass is 393 g/mol. The van der Waals surface area contributed by atoms with E-state index in [2.05, 4.69) is 10.5 Å². The second kappa shape index (κ2) is 8.61. The van der Waals surface area contributed by atoms with Gasteiger partial charge >= 0.3 is 11.7 Å². The molecule has 0 bridgehead atoms. The average molecular weight is 393 g/mol. The van der Waals surface area contributed by atoms with E-state index in [1.165, 1.54) is 36.6 Å². The molecular formula is C20H15N3O6. The summed E-state index contributed by atoms with van der Waals surface area (Å²) in [5, 5.41) is 15.1. The van der Waals surface area contributed by atoms with E-state index in [0.717, 1.165) is 11.8 Å². The number of nitrogens with zero attached hydrogens (tertiary/aromatic N) is 2. The Labute approximate surface area is 164 Å². The first-order valence-corrected chi connectivity index (χ1v) is 8.39. The van der Waals surface area contributed by atoms with E-state index in [1.807, 2.05) is 6.92 Å². The quantitative estimate of drug-likeness (QED) is 0.225. The fourth-order valence-corrected chi connectivity index (χ4v) is 2.37. The summed E-state index contributed by atoms with van der Waals surface area (Å²) in [6, 6.07) is 13.8. The van der Waals surface area contributed by atoms with Crippen LogP contribution in [0.25, 0.3) is 0 Å². The number of carbonyl (C=O) groups excluding carboxylic acids is 2. The summed E-state index contributed by atoms with van der Waals surface area (Å²) in [6.07, 6.45) is 2.43. The topological polar surface area (TPSA) is 124 Å². The van der Waals surface area contributed by atoms with E-state index >= 15 is 0 Å². The van der Waals surface area contributed by atoms with Gasteiger partial charge in [0.2, 0.25) is 11.5 Å². The van der Waals surface area contributed by atoms with Gasteiger partial charge in [-0.2, -0.15) is 5.10 Å². The molecule has 0 saturated carbocycles. The van der Waals surface area contributed by atoms with Gasteiger partial charge in [0.25, 0.3) is 5.91 Å². The van der Waals surface area contributed by atoms with Gasteiger partial charge in [-0.1, -0.05) is 23.8 Å². The maximum Gasteiger partial charge on any atom is 0.379 e. The number of hydrogen-bond donors (Lipinski definition) is 1. The Bertz CT molecular complexity index is 1070. The van der Waals surface area contributed by atoms with Gasteiger partial charge in [0.15, 0.2) is 0 Å². The zero-order valence-corrected chi connectivity index (χ0v) is 15.2. The fourth-order valence-electron chi connectivity index (χ4n) is 2.37. The van der Waals surface area contributed by atoms with Gasteiger partial charge in [-0.3, -0.25) is 14.9 Å². The molecule has 29 heavy (non-hydrogen) atoms. The standard InChI is InChI=1S/C20H15N3O6/c1-13-7-9-14(10-8-13)19(24)22-21-12-15-4-2-5-16(23(26)27)18(15)29-20(25)17-6-3-11-28-17/h2-12H,1H3,(H,22,24)/b21-12+. The molecule has 0 atom stereocenters. The van der Waals surface area contributed by atoms with Crippen LogP contribution in [0.2, 0.25) is 0 Å². The van der Waals surface area contributed by atoms with Crippen molar-refractivity contribution in [2.24, 2.45) is 5.10 Å². The molecule has 0 unspecified atom stereocenters. The van der Waals surface area contributed by atoms with E-state index in [1.54, 1.807) is 24.3 Å². The number of hydrazone groups is 1. The first-order valence-electron chi connectivity index (χ1n) is 8.39. The maximum atomic E-state index is 12.1. The largest absolute Gasteiger partial charge is 0.457 e. The lowest BCUT2D eigenvalue weighted by molar-refractivity contribution is -0.385. The molecule has 2 aromatic carbocycles. The maximum absolute atomic E-state index is 12.1. The van der Waals surface area contributed by atoms with Crippen molar-refractivity contribution >= 4 is 23.8 Å². The highest BCUT2D eigenvalue weighted by molar-refractivity contribution is 5.96. The number of para-hydroxylation sites is 1. The minimum absolute atomic E-state index is 0.112. The zero-order valence-electron chi connectivity index (χ0n) is 15.2. The van der Waals surface area contributed by atoms with Crippen LogP contribution in [0.3, 0.4) is 0 Å². The number of furan rings is 1. The van der Waals surface area contributed by atoms with Crippen LogP contribution in [0.1, 0.15) is 32.0 Å². The van der Waals surface area contributed by atoms with Crippen LogP contribution in [-0.4, -0.2) is 23.0 Å². The Kier molecular flexibility index (Phi) is 5.79. The number of ether oxygens (including phenoxy) is 1. The minimum Gasteiger partial charge on any atom is -0.457 e.